The van der Waals surface area contributed by atoms with E-state index >= 15 is 0 Å². The van der Waals surface area contributed by atoms with Gasteiger partial charge in [-0.25, -0.2) is 0 Å². The number of hydrogen-bond acceptors (Lipinski definition) is 6. The molecule has 0 spiro atoms. The van der Waals surface area contributed by atoms with Crippen LogP contribution in [0.15, 0.2) is 60.7 Å². The molecule has 1 amide bonds. The Morgan fingerprint density at radius 3 is 1.76 bits per heavy atom. The Labute approximate surface area is 270 Å². The molecule has 2 unspecified atom stereocenters. The molecule has 7 nitrogen and oxygen atoms in total. The minimum atomic E-state index is 0.0991. The molecule has 2 atom stereocenters. The van der Waals surface area contributed by atoms with Gasteiger partial charge in [0.25, 0.3) is 5.91 Å². The maximum atomic E-state index is 13.7. The Hall–Kier alpha value is -4.33. The number of amides is 1. The first-order chi connectivity index (χ1) is 21.9. The first kappa shape index (κ1) is 33.6. The van der Waals surface area contributed by atoms with Crippen LogP contribution in [0.1, 0.15) is 65.9 Å². The number of para-hydroxylation sites is 2. The summed E-state index contributed by atoms with van der Waals surface area (Å²) >= 11 is 0. The molecule has 0 radical (unpaired) electrons. The molecular weight excluding hydrogens is 556 g/mol. The Kier molecular flexibility index (Phi) is 11.6. The van der Waals surface area contributed by atoms with Crippen molar-refractivity contribution in [1.82, 2.24) is 9.80 Å². The average molecular weight is 605 g/mol. The van der Waals surface area contributed by atoms with Crippen molar-refractivity contribution in [1.29, 1.82) is 10.5 Å². The SMILES string of the molecule is CC.CC.Cc1cc(C)c(C(=O)N2CCN(c3ccccc3C#N)CC2)cc1CN1CC2CN(c3ccccc3C#N)CC2C1. The van der Waals surface area contributed by atoms with Gasteiger partial charge >= 0.3 is 0 Å². The smallest absolute Gasteiger partial charge is 0.254 e. The quantitative estimate of drug-likeness (QED) is 0.325. The monoisotopic (exact) mass is 604 g/mol. The number of likely N-dealkylation sites (tertiary alicyclic amines) is 1. The molecule has 45 heavy (non-hydrogen) atoms. The van der Waals surface area contributed by atoms with Gasteiger partial charge in [0.2, 0.25) is 0 Å². The highest BCUT2D eigenvalue weighted by Gasteiger charge is 2.40. The zero-order valence-corrected chi connectivity index (χ0v) is 27.9. The lowest BCUT2D eigenvalue weighted by Crippen LogP contribution is -2.49. The van der Waals surface area contributed by atoms with Crippen molar-refractivity contribution in [2.24, 2.45) is 11.8 Å². The summed E-state index contributed by atoms with van der Waals surface area (Å²) in [6, 6.07) is 24.5. The van der Waals surface area contributed by atoms with Gasteiger partial charge in [0.15, 0.2) is 0 Å². The first-order valence-electron chi connectivity index (χ1n) is 16.5. The fourth-order valence-electron chi connectivity index (χ4n) is 6.96. The van der Waals surface area contributed by atoms with Crippen molar-refractivity contribution in [3.8, 4) is 12.1 Å². The standard InChI is InChI=1S/C34H36N6O.2C2H6/c1-24-15-25(2)31(34(41)39-13-11-38(12-14-39)32-9-5-3-7-26(32)17-35)16-28(24)19-37-20-29-22-40(23-30(29)21-37)33-10-6-4-8-27(33)18-36;2*1-2/h3-10,15-16,29-30H,11-14,19-23H2,1-2H3;2*1-2H3. The predicted molar refractivity (Wildman–Crippen MR) is 184 cm³/mol. The van der Waals surface area contributed by atoms with Crippen molar-refractivity contribution < 1.29 is 4.79 Å². The van der Waals surface area contributed by atoms with Gasteiger partial charge in [-0.05, 0) is 72.7 Å². The molecule has 0 bridgehead atoms. The van der Waals surface area contributed by atoms with Gasteiger partial charge in [-0.2, -0.15) is 10.5 Å². The molecule has 7 heteroatoms. The second kappa shape index (κ2) is 15.6. The van der Waals surface area contributed by atoms with Crippen LogP contribution in [0.3, 0.4) is 0 Å². The molecule has 3 saturated heterocycles. The van der Waals surface area contributed by atoms with Gasteiger partial charge in [0.05, 0.1) is 22.5 Å². The van der Waals surface area contributed by atoms with E-state index < -0.39 is 0 Å². The second-order valence-electron chi connectivity index (χ2n) is 11.7. The van der Waals surface area contributed by atoms with Crippen LogP contribution in [-0.2, 0) is 6.54 Å². The summed E-state index contributed by atoms with van der Waals surface area (Å²) < 4.78 is 0. The fourth-order valence-corrected chi connectivity index (χ4v) is 6.96. The van der Waals surface area contributed by atoms with Crippen LogP contribution in [0, 0.1) is 48.3 Å². The summed E-state index contributed by atoms with van der Waals surface area (Å²) in [6.07, 6.45) is 0. The lowest BCUT2D eigenvalue weighted by atomic mass is 9.98. The molecule has 3 aliphatic heterocycles. The van der Waals surface area contributed by atoms with Crippen molar-refractivity contribution in [3.05, 3.63) is 94.0 Å². The summed E-state index contributed by atoms with van der Waals surface area (Å²) in [6.45, 7) is 19.8. The van der Waals surface area contributed by atoms with Gasteiger partial charge in [-0.1, -0.05) is 58.0 Å². The second-order valence-corrected chi connectivity index (χ2v) is 11.7. The summed E-state index contributed by atoms with van der Waals surface area (Å²) in [4.78, 5) is 22.8. The molecular formula is C38H48N6O. The number of nitrogens with zero attached hydrogens (tertiary/aromatic N) is 6. The number of piperazine rings is 1. The molecule has 0 aliphatic carbocycles. The minimum Gasteiger partial charge on any atom is -0.370 e. The van der Waals surface area contributed by atoms with Crippen LogP contribution in [-0.4, -0.2) is 68.1 Å². The first-order valence-corrected chi connectivity index (χ1v) is 16.5. The lowest BCUT2D eigenvalue weighted by molar-refractivity contribution is 0.0746. The molecule has 0 aromatic heterocycles. The topological polar surface area (TPSA) is 77.6 Å². The fraction of sp³-hybridized carbons (Fsp3) is 0.447. The number of hydrogen-bond donors (Lipinski definition) is 0. The largest absolute Gasteiger partial charge is 0.370 e. The normalized spacial score (nSPS) is 19.0. The van der Waals surface area contributed by atoms with E-state index in [1.165, 1.54) is 11.1 Å². The van der Waals surface area contributed by atoms with E-state index in [0.29, 0.717) is 43.6 Å². The third-order valence-electron chi connectivity index (χ3n) is 9.17. The Bertz CT molecular complexity index is 1530. The molecule has 6 rings (SSSR count). The number of rotatable bonds is 5. The van der Waals surface area contributed by atoms with Gasteiger partial charge in [-0.3, -0.25) is 9.69 Å². The van der Waals surface area contributed by atoms with E-state index in [4.69, 9.17) is 0 Å². The van der Waals surface area contributed by atoms with E-state index in [2.05, 4.69) is 52.0 Å². The number of carbonyl (C=O) groups excluding carboxylic acids is 1. The number of fused-ring (bicyclic) bond motifs is 1. The molecule has 3 aromatic carbocycles. The Balaban J connectivity index is 0.00000111. The van der Waals surface area contributed by atoms with Crippen LogP contribution >= 0.6 is 0 Å². The summed E-state index contributed by atoms with van der Waals surface area (Å²) in [5, 5.41) is 19.0. The highest BCUT2D eigenvalue weighted by Crippen LogP contribution is 2.36. The van der Waals surface area contributed by atoms with Crippen molar-refractivity contribution >= 4 is 17.3 Å². The zero-order valence-electron chi connectivity index (χ0n) is 27.9. The summed E-state index contributed by atoms with van der Waals surface area (Å²) in [5.74, 6) is 1.29. The van der Waals surface area contributed by atoms with Crippen LogP contribution < -0.4 is 9.80 Å². The Morgan fingerprint density at radius 1 is 0.711 bits per heavy atom. The van der Waals surface area contributed by atoms with Crippen molar-refractivity contribution in [2.45, 2.75) is 48.1 Å². The molecule has 0 N–H and O–H groups in total. The van der Waals surface area contributed by atoms with E-state index in [0.717, 1.165) is 60.8 Å². The van der Waals surface area contributed by atoms with E-state index in [1.807, 2.05) is 82.0 Å². The van der Waals surface area contributed by atoms with Crippen LogP contribution in [0.4, 0.5) is 11.4 Å². The van der Waals surface area contributed by atoms with Crippen molar-refractivity contribution in [2.75, 3.05) is 62.2 Å². The maximum Gasteiger partial charge on any atom is 0.254 e. The number of aryl methyl sites for hydroxylation is 2. The van der Waals surface area contributed by atoms with Gasteiger partial charge in [-0.15, -0.1) is 0 Å². The number of benzene rings is 3. The highest BCUT2D eigenvalue weighted by molar-refractivity contribution is 5.96. The Morgan fingerprint density at radius 2 is 1.22 bits per heavy atom. The zero-order chi connectivity index (χ0) is 32.5. The highest BCUT2D eigenvalue weighted by atomic mass is 16.2. The summed E-state index contributed by atoms with van der Waals surface area (Å²) in [5.41, 5.74) is 7.73. The number of anilines is 2. The van der Waals surface area contributed by atoms with Crippen LogP contribution in [0.25, 0.3) is 0 Å². The third-order valence-corrected chi connectivity index (χ3v) is 9.17. The lowest BCUT2D eigenvalue weighted by Gasteiger charge is -2.36. The molecule has 236 valence electrons. The average Bonchev–Trinajstić information content (AvgIpc) is 3.66. The minimum absolute atomic E-state index is 0.0991. The van der Waals surface area contributed by atoms with Crippen LogP contribution in [0.5, 0.6) is 0 Å². The van der Waals surface area contributed by atoms with Crippen molar-refractivity contribution in [3.63, 3.8) is 0 Å². The van der Waals surface area contributed by atoms with Gasteiger partial charge in [0.1, 0.15) is 12.1 Å². The number of nitriles is 2. The van der Waals surface area contributed by atoms with E-state index in [1.54, 1.807) is 0 Å². The maximum absolute atomic E-state index is 13.7. The van der Waals surface area contributed by atoms with Crippen LogP contribution in [0.2, 0.25) is 0 Å². The molecule has 3 aromatic rings. The number of carbonyl (C=O) groups is 1. The predicted octanol–water partition coefficient (Wildman–Crippen LogP) is 6.63. The molecule has 0 saturated carbocycles. The third kappa shape index (κ3) is 7.32. The molecule has 3 heterocycles. The van der Waals surface area contributed by atoms with E-state index in [9.17, 15) is 15.3 Å². The van der Waals surface area contributed by atoms with Gasteiger partial charge < -0.3 is 14.7 Å². The summed E-state index contributed by atoms with van der Waals surface area (Å²) in [7, 11) is 0. The molecule has 3 aliphatic rings. The van der Waals surface area contributed by atoms with E-state index in [-0.39, 0.29) is 5.91 Å². The van der Waals surface area contributed by atoms with Gasteiger partial charge in [0, 0.05) is 64.5 Å². The molecule has 3 fully saturated rings.